The van der Waals surface area contributed by atoms with E-state index in [1.54, 1.807) is 0 Å². The summed E-state index contributed by atoms with van der Waals surface area (Å²) in [6.07, 6.45) is 4.35. The molecular weight excluding hydrogens is 251 g/mol. The van der Waals surface area contributed by atoms with Gasteiger partial charge in [0.25, 0.3) is 0 Å². The van der Waals surface area contributed by atoms with Crippen molar-refractivity contribution in [2.24, 2.45) is 5.41 Å². The van der Waals surface area contributed by atoms with Gasteiger partial charge in [0.15, 0.2) is 5.78 Å². The molecule has 0 saturated carbocycles. The van der Waals surface area contributed by atoms with E-state index in [1.807, 2.05) is 13.8 Å². The Morgan fingerprint density at radius 3 is 1.94 bits per heavy atom. The van der Waals surface area contributed by atoms with Gasteiger partial charge in [0.1, 0.15) is 6.16 Å². The molecule has 0 unspecified atom stereocenters. The van der Waals surface area contributed by atoms with E-state index < -0.39 is 7.60 Å². The Hall–Kier alpha value is -0.180. The van der Waals surface area contributed by atoms with Crippen molar-refractivity contribution < 1.29 is 18.4 Å². The minimum Gasteiger partial charge on any atom is -0.312 e. The van der Waals surface area contributed by atoms with Gasteiger partial charge in [-0.15, -0.1) is 0 Å². The Labute approximate surface area is 111 Å². The van der Waals surface area contributed by atoms with Crippen molar-refractivity contribution in [3.63, 3.8) is 0 Å². The summed E-state index contributed by atoms with van der Waals surface area (Å²) in [7, 11) is -0.597. The number of ketones is 1. The summed E-state index contributed by atoms with van der Waals surface area (Å²) in [6.45, 7) is 6.14. The molecule has 0 aromatic heterocycles. The third kappa shape index (κ3) is 4.49. The minimum atomic E-state index is -3.24. The van der Waals surface area contributed by atoms with Crippen LogP contribution in [0.3, 0.4) is 0 Å². The lowest BCUT2D eigenvalue weighted by atomic mass is 9.75. The summed E-state index contributed by atoms with van der Waals surface area (Å²) in [5.41, 5.74) is -0.372. The first-order chi connectivity index (χ1) is 8.43. The molecule has 0 aliphatic heterocycles. The van der Waals surface area contributed by atoms with E-state index >= 15 is 0 Å². The normalized spacial score (nSPS) is 12.7. The number of hydrogen-bond acceptors (Lipinski definition) is 4. The van der Waals surface area contributed by atoms with Gasteiger partial charge in [-0.3, -0.25) is 9.36 Å². The highest BCUT2D eigenvalue weighted by atomic mass is 31.2. The van der Waals surface area contributed by atoms with E-state index in [1.165, 1.54) is 14.2 Å². The Bertz CT molecular complexity index is 289. The van der Waals surface area contributed by atoms with Crippen LogP contribution in [0.2, 0.25) is 0 Å². The van der Waals surface area contributed by atoms with Crippen LogP contribution >= 0.6 is 7.60 Å². The van der Waals surface area contributed by atoms with E-state index in [0.29, 0.717) is 0 Å². The van der Waals surface area contributed by atoms with Crippen LogP contribution in [0, 0.1) is 5.41 Å². The summed E-state index contributed by atoms with van der Waals surface area (Å²) >= 11 is 0. The second-order valence-corrected chi connectivity index (χ2v) is 6.92. The van der Waals surface area contributed by atoms with Crippen molar-refractivity contribution in [2.75, 3.05) is 20.4 Å². The maximum absolute atomic E-state index is 12.4. The molecule has 0 bridgehead atoms. The number of rotatable bonds is 10. The summed E-state index contributed by atoms with van der Waals surface area (Å²) < 4.78 is 21.8. The summed E-state index contributed by atoms with van der Waals surface area (Å²) in [4.78, 5) is 12.4. The molecule has 4 nitrogen and oxygen atoms in total. The lowest BCUT2D eigenvalue weighted by Gasteiger charge is -2.31. The molecule has 0 aromatic rings. The number of unbranched alkanes of at least 4 members (excludes halogenated alkanes) is 1. The third-order valence-electron chi connectivity index (χ3n) is 3.85. The number of Topliss-reactive ketones (excluding diaryl/α,β-unsaturated/α-hetero) is 1. The molecule has 0 saturated heterocycles. The van der Waals surface area contributed by atoms with Crippen LogP contribution in [0.1, 0.15) is 52.9 Å². The Kier molecular flexibility index (Phi) is 8.00. The van der Waals surface area contributed by atoms with Crippen molar-refractivity contribution in [1.29, 1.82) is 0 Å². The van der Waals surface area contributed by atoms with Crippen molar-refractivity contribution in [3.05, 3.63) is 0 Å². The molecule has 0 radical (unpaired) electrons. The number of carbonyl (C=O) groups excluding carboxylic acids is 1. The van der Waals surface area contributed by atoms with Gasteiger partial charge in [-0.25, -0.2) is 0 Å². The van der Waals surface area contributed by atoms with Crippen molar-refractivity contribution in [2.45, 2.75) is 52.9 Å². The smallest absolute Gasteiger partial charge is 0.312 e. The fourth-order valence-electron chi connectivity index (χ4n) is 2.20. The first kappa shape index (κ1) is 17.8. The molecule has 0 fully saturated rings. The van der Waals surface area contributed by atoms with E-state index in [4.69, 9.17) is 9.05 Å². The van der Waals surface area contributed by atoms with E-state index in [2.05, 4.69) is 6.92 Å². The van der Waals surface area contributed by atoms with E-state index in [9.17, 15) is 9.36 Å². The summed E-state index contributed by atoms with van der Waals surface area (Å²) in [5, 5.41) is 0. The molecule has 0 aliphatic rings. The monoisotopic (exact) mass is 278 g/mol. The van der Waals surface area contributed by atoms with Crippen LogP contribution < -0.4 is 0 Å². The largest absolute Gasteiger partial charge is 0.337 e. The van der Waals surface area contributed by atoms with E-state index in [0.717, 1.165) is 32.1 Å². The molecule has 0 aliphatic carbocycles. The molecule has 0 rings (SSSR count). The Morgan fingerprint density at radius 1 is 1.11 bits per heavy atom. The predicted molar refractivity (Wildman–Crippen MR) is 74.0 cm³/mol. The first-order valence-electron chi connectivity index (χ1n) is 6.67. The molecular formula is C13H27O4P. The van der Waals surface area contributed by atoms with Gasteiger partial charge < -0.3 is 9.05 Å². The van der Waals surface area contributed by atoms with Gasteiger partial charge in [0, 0.05) is 19.6 Å². The van der Waals surface area contributed by atoms with Gasteiger partial charge in [-0.1, -0.05) is 33.6 Å². The average molecular weight is 278 g/mol. The highest BCUT2D eigenvalue weighted by Crippen LogP contribution is 2.49. The lowest BCUT2D eigenvalue weighted by molar-refractivity contribution is -0.127. The maximum Gasteiger partial charge on any atom is 0.337 e. The maximum atomic E-state index is 12.4. The van der Waals surface area contributed by atoms with Gasteiger partial charge in [-0.05, 0) is 19.3 Å². The van der Waals surface area contributed by atoms with Crippen LogP contribution in [0.25, 0.3) is 0 Å². The SMILES string of the molecule is CCCCC(CC)(CC)C(=O)CP(=O)(OC)OC. The zero-order chi connectivity index (χ0) is 14.2. The Balaban J connectivity index is 4.92. The third-order valence-corrected chi connectivity index (χ3v) is 5.63. The van der Waals surface area contributed by atoms with Gasteiger partial charge in [0.05, 0.1) is 0 Å². The zero-order valence-corrected chi connectivity index (χ0v) is 13.2. The zero-order valence-electron chi connectivity index (χ0n) is 12.3. The highest BCUT2D eigenvalue weighted by molar-refractivity contribution is 7.54. The van der Waals surface area contributed by atoms with Crippen LogP contribution in [0.4, 0.5) is 0 Å². The van der Waals surface area contributed by atoms with Crippen LogP contribution in [0.15, 0.2) is 0 Å². The van der Waals surface area contributed by atoms with Crippen LogP contribution in [-0.2, 0) is 18.4 Å². The average Bonchev–Trinajstić information content (AvgIpc) is 2.40. The highest BCUT2D eigenvalue weighted by Gasteiger charge is 2.38. The predicted octanol–water partition coefficient (Wildman–Crippen LogP) is 4.04. The van der Waals surface area contributed by atoms with E-state index in [-0.39, 0.29) is 17.4 Å². The fourth-order valence-corrected chi connectivity index (χ4v) is 3.29. The minimum absolute atomic E-state index is 0.00739. The molecule has 0 amide bonds. The first-order valence-corrected chi connectivity index (χ1v) is 8.40. The molecule has 18 heavy (non-hydrogen) atoms. The lowest BCUT2D eigenvalue weighted by Crippen LogP contribution is -2.32. The van der Waals surface area contributed by atoms with Gasteiger partial charge >= 0.3 is 7.60 Å². The molecule has 0 atom stereocenters. The second-order valence-electron chi connectivity index (χ2n) is 4.65. The standard InChI is InChI=1S/C13H27O4P/c1-6-9-10-13(7-2,8-3)12(14)11-18(15,16-4)17-5/h6-11H2,1-5H3. The molecule has 0 aromatic carbocycles. The molecule has 108 valence electrons. The van der Waals surface area contributed by atoms with Crippen molar-refractivity contribution >= 4 is 13.4 Å². The number of hydrogen-bond donors (Lipinski definition) is 0. The number of carbonyl (C=O) groups is 1. The molecule has 0 N–H and O–H groups in total. The molecule has 0 spiro atoms. The molecule has 0 heterocycles. The van der Waals surface area contributed by atoms with Gasteiger partial charge in [-0.2, -0.15) is 0 Å². The Morgan fingerprint density at radius 2 is 1.61 bits per heavy atom. The van der Waals surface area contributed by atoms with Crippen molar-refractivity contribution in [3.8, 4) is 0 Å². The fraction of sp³-hybridized carbons (Fsp3) is 0.923. The quantitative estimate of drug-likeness (QED) is 0.566. The van der Waals surface area contributed by atoms with Gasteiger partial charge in [0.2, 0.25) is 0 Å². The molecule has 5 heteroatoms. The van der Waals surface area contributed by atoms with Crippen LogP contribution in [0.5, 0.6) is 0 Å². The summed E-state index contributed by atoms with van der Waals surface area (Å²) in [5.74, 6) is 0.00739. The second kappa shape index (κ2) is 8.08. The van der Waals surface area contributed by atoms with Crippen LogP contribution in [-0.4, -0.2) is 26.2 Å². The van der Waals surface area contributed by atoms with Crippen molar-refractivity contribution in [1.82, 2.24) is 0 Å². The summed E-state index contributed by atoms with van der Waals surface area (Å²) in [6, 6.07) is 0. The topological polar surface area (TPSA) is 52.6 Å².